The number of carbonyl (C=O) groups excluding carboxylic acids is 1. The van der Waals surface area contributed by atoms with Crippen molar-refractivity contribution >= 4 is 14.3 Å². The standard InChI is InChI=1S/C36H54O7Si/c1-9-10-17-22-38-36-35(42-29(8)37)34(40-24-31-20-15-12-16-21-31)33(39-23-30-18-13-11-14-19-30)32(43-36)25-41-44(26(2)3,27(4)5)28(6)7/h11-22,26-28,32-36H,9-10,23-25H2,1-8H3/t32-,33-,34+,35+,36+/m1/s1. The van der Waals surface area contributed by atoms with Gasteiger partial charge in [0.1, 0.15) is 18.3 Å². The van der Waals surface area contributed by atoms with Crippen LogP contribution in [0.2, 0.25) is 16.6 Å². The van der Waals surface area contributed by atoms with Crippen molar-refractivity contribution in [3.05, 3.63) is 84.1 Å². The summed E-state index contributed by atoms with van der Waals surface area (Å²) in [5.74, 6) is -0.444. The lowest BCUT2D eigenvalue weighted by Gasteiger charge is -2.47. The number of allylic oxidation sites excluding steroid dienone is 1. The van der Waals surface area contributed by atoms with Crippen LogP contribution in [0.1, 0.15) is 79.4 Å². The van der Waals surface area contributed by atoms with Crippen LogP contribution in [0.25, 0.3) is 0 Å². The number of esters is 1. The molecule has 1 saturated heterocycles. The molecule has 0 amide bonds. The van der Waals surface area contributed by atoms with Gasteiger partial charge in [-0.05, 0) is 40.2 Å². The Balaban J connectivity index is 2.02. The van der Waals surface area contributed by atoms with Crippen molar-refractivity contribution in [1.82, 2.24) is 0 Å². The number of rotatable bonds is 17. The Labute approximate surface area is 266 Å². The average molecular weight is 627 g/mol. The largest absolute Gasteiger partial charge is 0.469 e. The Hall–Kier alpha value is -2.49. The quantitative estimate of drug-likeness (QED) is 0.0993. The molecule has 2 aromatic rings. The first-order chi connectivity index (χ1) is 21.1. The van der Waals surface area contributed by atoms with Crippen LogP contribution in [0.15, 0.2) is 73.0 Å². The van der Waals surface area contributed by atoms with Gasteiger partial charge in [0.05, 0.1) is 26.1 Å². The van der Waals surface area contributed by atoms with Crippen molar-refractivity contribution in [2.45, 2.75) is 129 Å². The van der Waals surface area contributed by atoms with E-state index in [-0.39, 0.29) is 0 Å². The van der Waals surface area contributed by atoms with Crippen molar-refractivity contribution in [2.24, 2.45) is 0 Å². The fraction of sp³-hybridized carbons (Fsp3) is 0.583. The van der Waals surface area contributed by atoms with Crippen molar-refractivity contribution < 1.29 is 32.9 Å². The number of unbranched alkanes of at least 4 members (excludes halogenated alkanes) is 1. The van der Waals surface area contributed by atoms with Gasteiger partial charge in [-0.15, -0.1) is 0 Å². The Bertz CT molecular complexity index is 1100. The van der Waals surface area contributed by atoms with Crippen molar-refractivity contribution in [1.29, 1.82) is 0 Å². The smallest absolute Gasteiger partial charge is 0.303 e. The zero-order valence-corrected chi connectivity index (χ0v) is 28.9. The van der Waals surface area contributed by atoms with E-state index in [1.165, 1.54) is 6.92 Å². The van der Waals surface area contributed by atoms with Crippen LogP contribution in [-0.2, 0) is 46.1 Å². The van der Waals surface area contributed by atoms with E-state index in [0.717, 1.165) is 24.0 Å². The van der Waals surface area contributed by atoms with Gasteiger partial charge in [0.25, 0.3) is 0 Å². The molecular formula is C36H54O7Si. The number of hydrogen-bond donors (Lipinski definition) is 0. The highest BCUT2D eigenvalue weighted by Crippen LogP contribution is 2.43. The fourth-order valence-corrected chi connectivity index (χ4v) is 11.9. The third-order valence-electron chi connectivity index (χ3n) is 8.43. The molecule has 244 valence electrons. The lowest BCUT2D eigenvalue weighted by atomic mass is 9.98. The predicted molar refractivity (Wildman–Crippen MR) is 176 cm³/mol. The number of hydrogen-bond acceptors (Lipinski definition) is 7. The summed E-state index contributed by atoms with van der Waals surface area (Å²) in [6.45, 7) is 18.1. The van der Waals surface area contributed by atoms with Gasteiger partial charge in [-0.3, -0.25) is 4.79 Å². The first-order valence-corrected chi connectivity index (χ1v) is 18.3. The second-order valence-electron chi connectivity index (χ2n) is 12.6. The maximum absolute atomic E-state index is 12.4. The molecule has 44 heavy (non-hydrogen) atoms. The lowest BCUT2D eigenvalue weighted by Crippen LogP contribution is -2.62. The molecule has 0 unspecified atom stereocenters. The summed E-state index contributed by atoms with van der Waals surface area (Å²) in [5.41, 5.74) is 3.23. The molecule has 1 aliphatic rings. The molecule has 0 spiro atoms. The summed E-state index contributed by atoms with van der Waals surface area (Å²) in [7, 11) is -2.24. The molecule has 5 atom stereocenters. The molecule has 0 bridgehead atoms. The van der Waals surface area contributed by atoms with E-state index in [1.807, 2.05) is 66.7 Å². The van der Waals surface area contributed by atoms with Crippen LogP contribution in [0.5, 0.6) is 0 Å². The zero-order valence-electron chi connectivity index (χ0n) is 27.9. The van der Waals surface area contributed by atoms with E-state index >= 15 is 0 Å². The van der Waals surface area contributed by atoms with Crippen molar-refractivity contribution in [3.63, 3.8) is 0 Å². The third-order valence-corrected chi connectivity index (χ3v) is 14.5. The van der Waals surface area contributed by atoms with Gasteiger partial charge in [-0.2, -0.15) is 0 Å². The maximum atomic E-state index is 12.4. The van der Waals surface area contributed by atoms with Gasteiger partial charge in [0, 0.05) is 6.92 Å². The van der Waals surface area contributed by atoms with E-state index in [0.29, 0.717) is 36.4 Å². The van der Waals surface area contributed by atoms with Gasteiger partial charge in [-0.1, -0.05) is 116 Å². The van der Waals surface area contributed by atoms with Crippen LogP contribution in [0.4, 0.5) is 0 Å². The van der Waals surface area contributed by atoms with Gasteiger partial charge >= 0.3 is 5.97 Å². The molecule has 0 N–H and O–H groups in total. The van der Waals surface area contributed by atoms with Crippen LogP contribution in [0.3, 0.4) is 0 Å². The van der Waals surface area contributed by atoms with E-state index < -0.39 is 45.0 Å². The van der Waals surface area contributed by atoms with E-state index in [1.54, 1.807) is 6.26 Å². The highest BCUT2D eigenvalue weighted by atomic mass is 28.4. The molecule has 7 nitrogen and oxygen atoms in total. The molecule has 0 aromatic heterocycles. The second-order valence-corrected chi connectivity index (χ2v) is 18.0. The summed E-state index contributed by atoms with van der Waals surface area (Å²) in [6, 6.07) is 20.0. The number of benzene rings is 2. The molecule has 1 aliphatic heterocycles. The van der Waals surface area contributed by atoms with Gasteiger partial charge in [0.2, 0.25) is 6.29 Å². The van der Waals surface area contributed by atoms with Gasteiger partial charge in [0.15, 0.2) is 14.4 Å². The Morgan fingerprint density at radius 3 is 1.82 bits per heavy atom. The zero-order chi connectivity index (χ0) is 32.1. The summed E-state index contributed by atoms with van der Waals surface area (Å²) in [5, 5.41) is 0. The Morgan fingerprint density at radius 2 is 1.34 bits per heavy atom. The highest BCUT2D eigenvalue weighted by molar-refractivity contribution is 6.77. The summed E-state index contributed by atoms with van der Waals surface area (Å²) in [6.07, 6.45) is 1.87. The first-order valence-electron chi connectivity index (χ1n) is 16.2. The first kappa shape index (κ1) is 36.0. The van der Waals surface area contributed by atoms with Gasteiger partial charge in [-0.25, -0.2) is 0 Å². The minimum atomic E-state index is -2.24. The van der Waals surface area contributed by atoms with Crippen molar-refractivity contribution in [3.8, 4) is 0 Å². The molecule has 0 saturated carbocycles. The number of ether oxygens (including phenoxy) is 5. The molecule has 8 heteroatoms. The minimum absolute atomic E-state index is 0.309. The molecule has 0 radical (unpaired) electrons. The predicted octanol–water partition coefficient (Wildman–Crippen LogP) is 8.34. The summed E-state index contributed by atoms with van der Waals surface area (Å²) in [4.78, 5) is 12.4. The Morgan fingerprint density at radius 1 is 0.818 bits per heavy atom. The van der Waals surface area contributed by atoms with Crippen molar-refractivity contribution in [2.75, 3.05) is 6.61 Å². The average Bonchev–Trinajstić information content (AvgIpc) is 2.99. The molecule has 1 fully saturated rings. The molecule has 3 rings (SSSR count). The summed E-state index contributed by atoms with van der Waals surface area (Å²) >= 11 is 0. The lowest BCUT2D eigenvalue weighted by molar-refractivity contribution is -0.308. The minimum Gasteiger partial charge on any atom is -0.469 e. The van der Waals surface area contributed by atoms with Crippen LogP contribution in [-0.4, -0.2) is 51.6 Å². The van der Waals surface area contributed by atoms with E-state index in [9.17, 15) is 4.79 Å². The summed E-state index contributed by atoms with van der Waals surface area (Å²) < 4.78 is 39.0. The van der Waals surface area contributed by atoms with E-state index in [4.69, 9.17) is 28.1 Å². The van der Waals surface area contributed by atoms with Gasteiger partial charge < -0.3 is 28.1 Å². The molecule has 1 heterocycles. The normalized spacial score (nSPS) is 22.7. The van der Waals surface area contributed by atoms with Crippen LogP contribution in [0, 0.1) is 0 Å². The highest BCUT2D eigenvalue weighted by Gasteiger charge is 2.52. The molecule has 2 aromatic carbocycles. The fourth-order valence-electron chi connectivity index (χ4n) is 6.46. The monoisotopic (exact) mass is 626 g/mol. The number of carbonyl (C=O) groups is 1. The van der Waals surface area contributed by atoms with E-state index in [2.05, 4.69) is 48.5 Å². The van der Waals surface area contributed by atoms with Crippen LogP contribution < -0.4 is 0 Å². The molecular weight excluding hydrogens is 572 g/mol. The Kier molecular flexibility index (Phi) is 14.6. The third kappa shape index (κ3) is 9.75. The second kappa shape index (κ2) is 17.9. The topological polar surface area (TPSA) is 72.5 Å². The maximum Gasteiger partial charge on any atom is 0.303 e. The molecule has 0 aliphatic carbocycles. The SMILES string of the molecule is CCCC=CO[C@H]1O[C@H](CO[Si](C(C)C)(C(C)C)C(C)C)[C@@H](OCc2ccccc2)[C@H](OCc2ccccc2)[C@@H]1OC(C)=O. The van der Waals surface area contributed by atoms with Crippen LogP contribution >= 0.6 is 0 Å².